The number of anilines is 1. The van der Waals surface area contributed by atoms with Crippen molar-refractivity contribution in [1.82, 2.24) is 40.1 Å². The second-order valence-electron chi connectivity index (χ2n) is 18.5. The number of carbonyl (C=O) groups is 2. The molecule has 4 heterocycles. The maximum Gasteiger partial charge on any atom is 0.435 e. The fourth-order valence-corrected chi connectivity index (χ4v) is 10.2. The maximum absolute atomic E-state index is 15.4. The van der Waals surface area contributed by atoms with Crippen LogP contribution in [0.2, 0.25) is 5.02 Å². The van der Waals surface area contributed by atoms with Crippen molar-refractivity contribution in [1.29, 1.82) is 0 Å². The summed E-state index contributed by atoms with van der Waals surface area (Å²) in [5.41, 5.74) is -5.81. The number of hydrogen-bond acceptors (Lipinski definition) is 11. The predicted molar refractivity (Wildman–Crippen MR) is 251 cm³/mol. The first-order valence-corrected chi connectivity index (χ1v) is 26.5. The summed E-state index contributed by atoms with van der Waals surface area (Å²) < 4.78 is 198. The van der Waals surface area contributed by atoms with Crippen LogP contribution in [0.1, 0.15) is 79.5 Å². The van der Waals surface area contributed by atoms with Gasteiger partial charge in [-0.1, -0.05) is 30.5 Å². The Morgan fingerprint density at radius 1 is 0.946 bits per heavy atom. The smallest absolute Gasteiger partial charge is 0.346 e. The number of hydrogen-bond donors (Lipinski definition) is 2. The molecule has 0 spiro atoms. The van der Waals surface area contributed by atoms with Crippen LogP contribution < -0.4 is 14.9 Å². The van der Waals surface area contributed by atoms with Crippen molar-refractivity contribution in [2.24, 2.45) is 0 Å². The number of nitrogens with zero attached hydrogens (tertiary/aromatic N) is 7. The molecule has 3 aromatic heterocycles. The molecule has 1 aliphatic heterocycles. The molecule has 0 saturated carbocycles. The minimum absolute atomic E-state index is 0.0502. The molecule has 1 fully saturated rings. The Morgan fingerprint density at radius 3 is 2.18 bits per heavy atom. The second kappa shape index (κ2) is 20.4. The molecule has 0 radical (unpaired) electrons. The molecule has 74 heavy (non-hydrogen) atoms. The normalized spacial score (nSPS) is 16.9. The number of piperazine rings is 1. The number of aromatic nitrogens is 5. The number of sulfonamides is 1. The van der Waals surface area contributed by atoms with E-state index in [0.29, 0.717) is 43.2 Å². The van der Waals surface area contributed by atoms with Crippen molar-refractivity contribution in [2.75, 3.05) is 49.5 Å². The first-order valence-electron chi connectivity index (χ1n) is 22.4. The summed E-state index contributed by atoms with van der Waals surface area (Å²) in [7, 11) is -8.60. The highest BCUT2D eigenvalue weighted by atomic mass is 35.5. The number of benzene rings is 2. The van der Waals surface area contributed by atoms with Crippen molar-refractivity contribution < 1.29 is 70.3 Å². The van der Waals surface area contributed by atoms with Gasteiger partial charge >= 0.3 is 12.4 Å². The largest absolute Gasteiger partial charge is 0.435 e. The zero-order chi connectivity index (χ0) is 54.7. The van der Waals surface area contributed by atoms with Crippen molar-refractivity contribution in [2.45, 2.75) is 88.1 Å². The molecule has 7 rings (SSSR count). The third-order valence-corrected chi connectivity index (χ3v) is 15.7. The minimum Gasteiger partial charge on any atom is -0.346 e. The summed E-state index contributed by atoms with van der Waals surface area (Å²) in [6, 6.07) is 4.98. The Hall–Kier alpha value is -5.82. The second-order valence-corrected chi connectivity index (χ2v) is 23.3. The SMILES string of the molecule is C[C@H]1CC(F)(F)c2c1c(C(F)(F)F)nn2CC(=O)N[C@@H](Cc1cc(F)cc(F)c1)c1nc(C#CC(C)(C)S(C)(=O)=O)ccc1-c1ccc(Cl)c2c(N(C(=O)CCN3CCNCC3)S(C)(=O)=O)nn(CC(F)(F)F)c12. The number of fused-ring (bicyclic) bond motifs is 2. The molecule has 2 N–H and O–H groups in total. The molecule has 2 aromatic carbocycles. The van der Waals surface area contributed by atoms with E-state index < -0.39 is 155 Å². The summed E-state index contributed by atoms with van der Waals surface area (Å²) in [5, 5.41) is 12.1. The molecule has 0 unspecified atom stereocenters. The van der Waals surface area contributed by atoms with Gasteiger partial charge in [0.05, 0.1) is 33.9 Å². The van der Waals surface area contributed by atoms with Crippen LogP contribution in [0.15, 0.2) is 42.5 Å². The van der Waals surface area contributed by atoms with Gasteiger partial charge in [-0.2, -0.15) is 49.6 Å². The number of alkyl halides is 8. The fourth-order valence-electron chi connectivity index (χ4n) is 8.79. The minimum atomic E-state index is -5.24. The highest BCUT2D eigenvalue weighted by molar-refractivity contribution is 7.93. The van der Waals surface area contributed by atoms with E-state index in [-0.39, 0.29) is 37.9 Å². The monoisotopic (exact) mass is 1110 g/mol. The molecular weight excluding hydrogens is 1060 g/mol. The highest BCUT2D eigenvalue weighted by Gasteiger charge is 2.53. The highest BCUT2D eigenvalue weighted by Crippen LogP contribution is 2.52. The molecular formula is C46H46ClF10N9O6S2. The predicted octanol–water partition coefficient (Wildman–Crippen LogP) is 7.27. The number of rotatable bonds is 14. The molecule has 0 bridgehead atoms. The van der Waals surface area contributed by atoms with E-state index >= 15 is 8.78 Å². The first kappa shape index (κ1) is 55.9. The van der Waals surface area contributed by atoms with Gasteiger partial charge in [-0.25, -0.2) is 30.6 Å². The van der Waals surface area contributed by atoms with Gasteiger partial charge in [0.1, 0.15) is 40.9 Å². The van der Waals surface area contributed by atoms with Crippen molar-refractivity contribution >= 4 is 60.0 Å². The molecule has 15 nitrogen and oxygen atoms in total. The van der Waals surface area contributed by atoms with Crippen LogP contribution in [-0.2, 0) is 61.1 Å². The summed E-state index contributed by atoms with van der Waals surface area (Å²) >= 11 is 6.71. The van der Waals surface area contributed by atoms with E-state index in [1.54, 1.807) is 0 Å². The van der Waals surface area contributed by atoms with E-state index in [1.165, 1.54) is 26.0 Å². The zero-order valence-corrected chi connectivity index (χ0v) is 42.2. The molecule has 400 valence electrons. The van der Waals surface area contributed by atoms with Crippen LogP contribution in [0.5, 0.6) is 0 Å². The van der Waals surface area contributed by atoms with E-state index in [9.17, 15) is 61.5 Å². The van der Waals surface area contributed by atoms with Crippen LogP contribution in [0.4, 0.5) is 49.7 Å². The van der Waals surface area contributed by atoms with Gasteiger partial charge in [-0.3, -0.25) is 19.0 Å². The molecule has 28 heteroatoms. The number of amides is 2. The average Bonchev–Trinajstić information content (AvgIpc) is 3.90. The summed E-state index contributed by atoms with van der Waals surface area (Å²) in [6.07, 6.45) is -11.0. The Labute approximate surface area is 422 Å². The Kier molecular flexibility index (Phi) is 15.4. The third kappa shape index (κ3) is 12.1. The van der Waals surface area contributed by atoms with Gasteiger partial charge in [0.15, 0.2) is 21.3 Å². The lowest BCUT2D eigenvalue weighted by Gasteiger charge is -2.27. The quantitative estimate of drug-likeness (QED) is 0.0844. The topological polar surface area (TPSA) is 181 Å². The van der Waals surface area contributed by atoms with E-state index in [1.807, 2.05) is 4.90 Å². The fraction of sp³-hybridized carbons (Fsp3) is 0.457. The molecule has 2 amide bonds. The van der Waals surface area contributed by atoms with E-state index in [4.69, 9.17) is 11.6 Å². The number of carbonyl (C=O) groups excluding carboxylic acids is 2. The van der Waals surface area contributed by atoms with E-state index in [0.717, 1.165) is 37.4 Å². The van der Waals surface area contributed by atoms with Crippen molar-refractivity contribution in [3.8, 4) is 23.0 Å². The number of halogens is 11. The number of nitrogens with one attached hydrogen (secondary N) is 2. The van der Waals surface area contributed by atoms with Gasteiger partial charge in [0, 0.05) is 74.6 Å². The summed E-state index contributed by atoms with van der Waals surface area (Å²) in [6.45, 7) is 2.55. The lowest BCUT2D eigenvalue weighted by Crippen LogP contribution is -2.45. The standard InChI is InChI=1S/C46H46ClF10N9O6S2/c1-25-22-44(50,51)41-36(25)40(46(55,56)57)61-64(41)23-34(67)60-33(20-26-18-27(48)21-28(49)19-26)38-30(7-6-29(59-38)10-12-43(2,3)73(4,69)70)31-8-9-32(47)37-39(31)65(24-45(52,53)54)62-42(37)66(74(5,71)72)35(68)11-15-63-16-13-58-14-17-63/h6-9,18-19,21,25,33,58H,11,13-17,20,22-24H2,1-5H3,(H,60,67)/t25-,33-/m0/s1. The number of sulfone groups is 1. The van der Waals surface area contributed by atoms with Gasteiger partial charge in [-0.15, -0.1) is 0 Å². The Morgan fingerprint density at radius 2 is 1.58 bits per heavy atom. The molecule has 1 aliphatic carbocycles. The van der Waals surface area contributed by atoms with Crippen molar-refractivity contribution in [3.05, 3.63) is 93.0 Å². The third-order valence-electron chi connectivity index (χ3n) is 12.4. The Bertz CT molecular complexity index is 3310. The molecule has 5 aromatic rings. The van der Waals surface area contributed by atoms with E-state index in [2.05, 4.69) is 37.7 Å². The van der Waals surface area contributed by atoms with Crippen LogP contribution >= 0.6 is 11.6 Å². The van der Waals surface area contributed by atoms with Crippen LogP contribution in [0.25, 0.3) is 22.0 Å². The Balaban J connectivity index is 1.47. The van der Waals surface area contributed by atoms with Gasteiger partial charge in [0.25, 0.3) is 5.92 Å². The molecule has 2 aliphatic rings. The summed E-state index contributed by atoms with van der Waals surface area (Å²) in [5.74, 6) is -5.63. The average molecular weight is 1110 g/mol. The van der Waals surface area contributed by atoms with Gasteiger partial charge in [-0.05, 0) is 68.0 Å². The van der Waals surface area contributed by atoms with Crippen LogP contribution in [0.3, 0.4) is 0 Å². The summed E-state index contributed by atoms with van der Waals surface area (Å²) in [4.78, 5) is 34.6. The maximum atomic E-state index is 15.4. The first-order chi connectivity index (χ1) is 34.1. The zero-order valence-electron chi connectivity index (χ0n) is 39.8. The van der Waals surface area contributed by atoms with Crippen LogP contribution in [0, 0.1) is 23.5 Å². The lowest BCUT2D eigenvalue weighted by molar-refractivity contribution is -0.143. The lowest BCUT2D eigenvalue weighted by atomic mass is 9.93. The molecule has 2 atom stereocenters. The van der Waals surface area contributed by atoms with Crippen molar-refractivity contribution in [3.63, 3.8) is 0 Å². The van der Waals surface area contributed by atoms with Gasteiger partial charge in [0.2, 0.25) is 21.8 Å². The number of pyridine rings is 1. The van der Waals surface area contributed by atoms with Gasteiger partial charge < -0.3 is 15.5 Å². The molecule has 1 saturated heterocycles. The van der Waals surface area contributed by atoms with Crippen LogP contribution in [-0.4, -0.2) is 114 Å².